The molecule has 0 aliphatic carbocycles. The number of fused-ring (bicyclic) bond motifs is 1. The number of aromatic nitrogens is 1. The molecule has 29 heavy (non-hydrogen) atoms. The Hall–Kier alpha value is -2.31. The van der Waals surface area contributed by atoms with E-state index in [9.17, 15) is 9.18 Å². The van der Waals surface area contributed by atoms with Crippen LogP contribution >= 0.6 is 11.3 Å². The van der Waals surface area contributed by atoms with E-state index in [1.807, 2.05) is 35.2 Å². The molecule has 0 radical (unpaired) electrons. The number of hydrogen-bond acceptors (Lipinski definition) is 4. The Morgan fingerprint density at radius 3 is 2.72 bits per heavy atom. The summed E-state index contributed by atoms with van der Waals surface area (Å²) in [4.78, 5) is 21.5. The van der Waals surface area contributed by atoms with Crippen molar-refractivity contribution >= 4 is 27.5 Å². The van der Waals surface area contributed by atoms with Crippen LogP contribution in [-0.4, -0.2) is 46.9 Å². The number of carbonyl (C=O) groups excluding carboxylic acids is 1. The molecule has 152 valence electrons. The van der Waals surface area contributed by atoms with E-state index in [0.29, 0.717) is 19.5 Å². The van der Waals surface area contributed by atoms with Gasteiger partial charge in [0, 0.05) is 44.7 Å². The van der Waals surface area contributed by atoms with Crippen molar-refractivity contribution in [2.24, 2.45) is 0 Å². The van der Waals surface area contributed by atoms with Gasteiger partial charge in [-0.1, -0.05) is 30.3 Å². The monoisotopic (exact) mass is 411 g/mol. The van der Waals surface area contributed by atoms with Gasteiger partial charge in [-0.25, -0.2) is 9.37 Å². The molecule has 2 aromatic carbocycles. The number of hydrogen-bond donors (Lipinski definition) is 0. The van der Waals surface area contributed by atoms with Crippen LogP contribution in [0.4, 0.5) is 4.39 Å². The molecule has 1 aliphatic rings. The van der Waals surface area contributed by atoms with E-state index >= 15 is 0 Å². The smallest absolute Gasteiger partial charge is 0.222 e. The van der Waals surface area contributed by atoms with Crippen molar-refractivity contribution in [1.29, 1.82) is 0 Å². The lowest BCUT2D eigenvalue weighted by Gasteiger charge is -2.22. The first-order chi connectivity index (χ1) is 14.2. The number of benzene rings is 2. The first-order valence-corrected chi connectivity index (χ1v) is 11.1. The fourth-order valence-electron chi connectivity index (χ4n) is 3.82. The number of rotatable bonds is 6. The van der Waals surface area contributed by atoms with Gasteiger partial charge < -0.3 is 4.90 Å². The highest BCUT2D eigenvalue weighted by Gasteiger charge is 2.19. The van der Waals surface area contributed by atoms with Crippen molar-refractivity contribution in [1.82, 2.24) is 14.8 Å². The highest BCUT2D eigenvalue weighted by atomic mass is 32.1. The number of nitrogens with zero attached hydrogens (tertiary/aromatic N) is 3. The third-order valence-electron chi connectivity index (χ3n) is 5.41. The van der Waals surface area contributed by atoms with Crippen LogP contribution in [-0.2, 0) is 17.8 Å². The lowest BCUT2D eigenvalue weighted by Crippen LogP contribution is -2.35. The second-order valence-electron chi connectivity index (χ2n) is 7.53. The van der Waals surface area contributed by atoms with Crippen molar-refractivity contribution in [3.05, 3.63) is 64.9 Å². The first kappa shape index (κ1) is 20.0. The molecule has 0 N–H and O–H groups in total. The van der Waals surface area contributed by atoms with Gasteiger partial charge in [0.25, 0.3) is 0 Å². The predicted octanol–water partition coefficient (Wildman–Crippen LogP) is 4.49. The third-order valence-corrected chi connectivity index (χ3v) is 6.51. The lowest BCUT2D eigenvalue weighted by atomic mass is 10.2. The van der Waals surface area contributed by atoms with Crippen molar-refractivity contribution in [3.8, 4) is 0 Å². The van der Waals surface area contributed by atoms with Crippen LogP contribution < -0.4 is 0 Å². The van der Waals surface area contributed by atoms with Crippen LogP contribution in [0, 0.1) is 5.82 Å². The number of amides is 1. The molecular formula is C23H26FN3OS. The summed E-state index contributed by atoms with van der Waals surface area (Å²) in [5.41, 5.74) is 1.77. The van der Waals surface area contributed by atoms with Gasteiger partial charge in [0.05, 0.1) is 15.2 Å². The van der Waals surface area contributed by atoms with Crippen LogP contribution in [0.15, 0.2) is 48.5 Å². The maximum absolute atomic E-state index is 13.9. The number of para-hydroxylation sites is 1. The summed E-state index contributed by atoms with van der Waals surface area (Å²) in [5, 5.41) is 1.10. The van der Waals surface area contributed by atoms with Gasteiger partial charge in [0.1, 0.15) is 5.82 Å². The lowest BCUT2D eigenvalue weighted by molar-refractivity contribution is -0.131. The van der Waals surface area contributed by atoms with E-state index in [-0.39, 0.29) is 11.7 Å². The van der Waals surface area contributed by atoms with E-state index in [0.717, 1.165) is 55.0 Å². The Labute approximate surface area is 175 Å². The summed E-state index contributed by atoms with van der Waals surface area (Å²) < 4.78 is 15.1. The number of thiazole rings is 1. The Balaban J connectivity index is 1.24. The molecule has 2 heterocycles. The molecule has 0 spiro atoms. The topological polar surface area (TPSA) is 36.4 Å². The Morgan fingerprint density at radius 1 is 1.03 bits per heavy atom. The molecule has 6 heteroatoms. The molecule has 0 bridgehead atoms. The molecule has 4 nitrogen and oxygen atoms in total. The standard InChI is InChI=1S/C23H26FN3OS/c24-19-8-2-1-7-18(19)17-26-13-6-14-27(16-15-26)23(28)12-5-11-22-25-20-9-3-4-10-21(20)29-22/h1-4,7-10H,5-6,11-17H2. The molecule has 3 aromatic rings. The minimum Gasteiger partial charge on any atom is -0.341 e. The van der Waals surface area contributed by atoms with Crippen molar-refractivity contribution in [2.45, 2.75) is 32.2 Å². The molecule has 0 atom stereocenters. The van der Waals surface area contributed by atoms with Gasteiger partial charge in [0.2, 0.25) is 5.91 Å². The second-order valence-corrected chi connectivity index (χ2v) is 8.65. The molecule has 0 saturated carbocycles. The SMILES string of the molecule is O=C(CCCc1nc2ccccc2s1)N1CCCN(Cc2ccccc2F)CC1. The molecule has 1 amide bonds. The Bertz CT molecular complexity index is 940. The average molecular weight is 412 g/mol. The molecule has 1 aromatic heterocycles. The molecule has 0 unspecified atom stereocenters. The highest BCUT2D eigenvalue weighted by molar-refractivity contribution is 7.18. The summed E-state index contributed by atoms with van der Waals surface area (Å²) in [7, 11) is 0. The third kappa shape index (κ3) is 5.19. The van der Waals surface area contributed by atoms with E-state index < -0.39 is 0 Å². The van der Waals surface area contributed by atoms with Crippen molar-refractivity contribution in [2.75, 3.05) is 26.2 Å². The molecule has 1 saturated heterocycles. The largest absolute Gasteiger partial charge is 0.341 e. The van der Waals surface area contributed by atoms with Gasteiger partial charge in [-0.2, -0.15) is 0 Å². The minimum atomic E-state index is -0.153. The summed E-state index contributed by atoms with van der Waals surface area (Å²) in [6, 6.07) is 15.1. The maximum atomic E-state index is 13.9. The summed E-state index contributed by atoms with van der Waals surface area (Å²) >= 11 is 1.72. The van der Waals surface area contributed by atoms with Crippen molar-refractivity contribution < 1.29 is 9.18 Å². The van der Waals surface area contributed by atoms with E-state index in [2.05, 4.69) is 16.0 Å². The predicted molar refractivity (Wildman–Crippen MR) is 115 cm³/mol. The summed E-state index contributed by atoms with van der Waals surface area (Å²) in [5.74, 6) is 0.0679. The number of carbonyl (C=O) groups is 1. The number of halogens is 1. The normalized spacial score (nSPS) is 15.6. The van der Waals surface area contributed by atoms with Crippen LogP contribution in [0.5, 0.6) is 0 Å². The fourth-order valence-corrected chi connectivity index (χ4v) is 4.83. The molecule has 4 rings (SSSR count). The highest BCUT2D eigenvalue weighted by Crippen LogP contribution is 2.23. The van der Waals surface area contributed by atoms with Gasteiger partial charge >= 0.3 is 0 Å². The van der Waals surface area contributed by atoms with Gasteiger partial charge in [-0.3, -0.25) is 9.69 Å². The van der Waals surface area contributed by atoms with E-state index in [1.54, 1.807) is 17.4 Å². The average Bonchev–Trinajstić information content (AvgIpc) is 2.99. The van der Waals surface area contributed by atoms with Crippen LogP contribution in [0.2, 0.25) is 0 Å². The van der Waals surface area contributed by atoms with E-state index in [1.165, 1.54) is 10.8 Å². The Morgan fingerprint density at radius 2 is 1.86 bits per heavy atom. The maximum Gasteiger partial charge on any atom is 0.222 e. The van der Waals surface area contributed by atoms with Gasteiger partial charge in [-0.05, 0) is 37.5 Å². The first-order valence-electron chi connectivity index (χ1n) is 10.3. The zero-order valence-electron chi connectivity index (χ0n) is 16.5. The summed E-state index contributed by atoms with van der Waals surface area (Å²) in [6.07, 6.45) is 3.16. The van der Waals surface area contributed by atoms with Crippen molar-refractivity contribution in [3.63, 3.8) is 0 Å². The number of aryl methyl sites for hydroxylation is 1. The van der Waals surface area contributed by atoms with E-state index in [4.69, 9.17) is 0 Å². The molecule has 1 fully saturated rings. The quantitative estimate of drug-likeness (QED) is 0.600. The zero-order valence-corrected chi connectivity index (χ0v) is 17.3. The zero-order chi connectivity index (χ0) is 20.1. The van der Waals surface area contributed by atoms with Gasteiger partial charge in [0.15, 0.2) is 0 Å². The van der Waals surface area contributed by atoms with Crippen LogP contribution in [0.3, 0.4) is 0 Å². The van der Waals surface area contributed by atoms with Gasteiger partial charge in [-0.15, -0.1) is 11.3 Å². The molecule has 1 aliphatic heterocycles. The fraction of sp³-hybridized carbons (Fsp3) is 0.391. The minimum absolute atomic E-state index is 0.153. The van der Waals surface area contributed by atoms with Crippen LogP contribution in [0.25, 0.3) is 10.2 Å². The van der Waals surface area contributed by atoms with Crippen LogP contribution in [0.1, 0.15) is 29.8 Å². The second kappa shape index (κ2) is 9.46. The summed E-state index contributed by atoms with van der Waals surface area (Å²) in [6.45, 7) is 3.79. The molecular weight excluding hydrogens is 385 g/mol. The Kier molecular flexibility index (Phi) is 6.52.